The van der Waals surface area contributed by atoms with Crippen molar-refractivity contribution >= 4 is 11.8 Å². The maximum absolute atomic E-state index is 11.4. The quantitative estimate of drug-likeness (QED) is 0.583. The van der Waals surface area contributed by atoms with Gasteiger partial charge in [0.25, 0.3) is 5.91 Å². The predicted octanol–water partition coefficient (Wildman–Crippen LogP) is -1.19. The lowest BCUT2D eigenvalue weighted by molar-refractivity contribution is -0.119. The first kappa shape index (κ1) is 9.63. The van der Waals surface area contributed by atoms with E-state index in [1.165, 1.54) is 6.33 Å². The third kappa shape index (κ3) is 2.30. The Labute approximate surface area is 85.7 Å². The molecule has 1 fully saturated rings. The fraction of sp³-hybridized carbons (Fsp3) is 0.500. The molecule has 0 aromatic carbocycles. The molecule has 0 saturated carbocycles. The van der Waals surface area contributed by atoms with Gasteiger partial charge in [0.15, 0.2) is 0 Å². The summed E-state index contributed by atoms with van der Waals surface area (Å²) in [5.74, 6) is -0.0955. The molecule has 0 aliphatic carbocycles. The minimum absolute atomic E-state index is 0.0318. The zero-order valence-corrected chi connectivity index (χ0v) is 7.99. The highest BCUT2D eigenvalue weighted by molar-refractivity contribution is 5.90. The van der Waals surface area contributed by atoms with Gasteiger partial charge in [-0.3, -0.25) is 14.7 Å². The Morgan fingerprint density at radius 1 is 1.67 bits per heavy atom. The zero-order valence-electron chi connectivity index (χ0n) is 7.99. The molecule has 3 N–H and O–H groups in total. The molecular formula is C8H11N5O2. The highest BCUT2D eigenvalue weighted by Gasteiger charge is 2.21. The largest absolute Gasteiger partial charge is 0.352 e. The number of nitrogens with zero attached hydrogens (tertiary/aromatic N) is 2. The van der Waals surface area contributed by atoms with Gasteiger partial charge >= 0.3 is 0 Å². The van der Waals surface area contributed by atoms with E-state index >= 15 is 0 Å². The summed E-state index contributed by atoms with van der Waals surface area (Å²) >= 11 is 0. The van der Waals surface area contributed by atoms with E-state index in [4.69, 9.17) is 0 Å². The molecule has 7 heteroatoms. The third-order valence-electron chi connectivity index (χ3n) is 2.22. The first-order valence-corrected chi connectivity index (χ1v) is 4.68. The second-order valence-electron chi connectivity index (χ2n) is 3.35. The Balaban J connectivity index is 1.79. The summed E-state index contributed by atoms with van der Waals surface area (Å²) in [6.45, 7) is 0.422. The molecule has 1 aliphatic rings. The average Bonchev–Trinajstić information content (AvgIpc) is 2.84. The topological polar surface area (TPSA) is 99.8 Å². The van der Waals surface area contributed by atoms with Gasteiger partial charge < -0.3 is 10.6 Å². The Bertz CT molecular complexity index is 361. The van der Waals surface area contributed by atoms with Crippen LogP contribution in [0.3, 0.4) is 0 Å². The van der Waals surface area contributed by atoms with Crippen LogP contribution in [0.4, 0.5) is 0 Å². The Kier molecular flexibility index (Phi) is 2.61. The maximum Gasteiger partial charge on any atom is 0.288 e. The van der Waals surface area contributed by atoms with Crippen LogP contribution in [0.5, 0.6) is 0 Å². The molecular weight excluding hydrogens is 198 g/mol. The number of aromatic nitrogens is 3. The van der Waals surface area contributed by atoms with Crippen LogP contribution in [-0.4, -0.2) is 39.6 Å². The number of aromatic amines is 1. The standard InChI is InChI=1S/C8H11N5O2/c14-6-2-1-5(12-6)3-9-8(15)7-10-4-11-13-7/h4-5H,1-3H2,(H,9,15)(H,12,14)(H,10,11,13). The van der Waals surface area contributed by atoms with E-state index in [-0.39, 0.29) is 23.7 Å². The van der Waals surface area contributed by atoms with Gasteiger partial charge in [-0.1, -0.05) is 0 Å². The van der Waals surface area contributed by atoms with Crippen LogP contribution >= 0.6 is 0 Å². The number of H-pyrrole nitrogens is 1. The van der Waals surface area contributed by atoms with Gasteiger partial charge in [-0.25, -0.2) is 4.98 Å². The fourth-order valence-electron chi connectivity index (χ4n) is 1.44. The van der Waals surface area contributed by atoms with Gasteiger partial charge in [0.1, 0.15) is 6.33 Å². The van der Waals surface area contributed by atoms with Crippen molar-refractivity contribution in [1.82, 2.24) is 25.8 Å². The summed E-state index contributed by atoms with van der Waals surface area (Å²) in [4.78, 5) is 26.0. The van der Waals surface area contributed by atoms with Crippen LogP contribution < -0.4 is 10.6 Å². The molecule has 0 bridgehead atoms. The molecule has 80 valence electrons. The molecule has 1 aromatic heterocycles. The molecule has 1 aliphatic heterocycles. The van der Waals surface area contributed by atoms with Crippen LogP contribution in [-0.2, 0) is 4.79 Å². The van der Waals surface area contributed by atoms with E-state index < -0.39 is 0 Å². The summed E-state index contributed by atoms with van der Waals surface area (Å²) in [5.41, 5.74) is 0. The molecule has 2 heterocycles. The molecule has 7 nitrogen and oxygen atoms in total. The fourth-order valence-corrected chi connectivity index (χ4v) is 1.44. The zero-order chi connectivity index (χ0) is 10.7. The van der Waals surface area contributed by atoms with Crippen LogP contribution in [0.1, 0.15) is 23.5 Å². The van der Waals surface area contributed by atoms with E-state index in [0.29, 0.717) is 13.0 Å². The Morgan fingerprint density at radius 2 is 2.53 bits per heavy atom. The van der Waals surface area contributed by atoms with Gasteiger partial charge in [0.05, 0.1) is 0 Å². The van der Waals surface area contributed by atoms with Crippen LogP contribution in [0.15, 0.2) is 6.33 Å². The SMILES string of the molecule is O=C1CCC(CNC(=O)c2ncn[nH]2)N1. The van der Waals surface area contributed by atoms with Gasteiger partial charge in [-0.15, -0.1) is 0 Å². The van der Waals surface area contributed by atoms with E-state index in [0.717, 1.165) is 6.42 Å². The molecule has 2 rings (SSSR count). The number of nitrogens with one attached hydrogen (secondary N) is 3. The predicted molar refractivity (Wildman–Crippen MR) is 49.9 cm³/mol. The number of carbonyl (C=O) groups is 2. The highest BCUT2D eigenvalue weighted by atomic mass is 16.2. The normalized spacial score (nSPS) is 20.0. The molecule has 0 radical (unpaired) electrons. The minimum Gasteiger partial charge on any atom is -0.352 e. The first-order valence-electron chi connectivity index (χ1n) is 4.68. The second-order valence-corrected chi connectivity index (χ2v) is 3.35. The molecule has 15 heavy (non-hydrogen) atoms. The van der Waals surface area contributed by atoms with E-state index in [1.54, 1.807) is 0 Å². The number of carbonyl (C=O) groups excluding carboxylic acids is 2. The van der Waals surface area contributed by atoms with Crippen LogP contribution in [0.2, 0.25) is 0 Å². The first-order chi connectivity index (χ1) is 7.25. The number of rotatable bonds is 3. The number of hydrogen-bond donors (Lipinski definition) is 3. The van der Waals surface area contributed by atoms with Crippen molar-refractivity contribution in [3.8, 4) is 0 Å². The van der Waals surface area contributed by atoms with Crippen molar-refractivity contribution in [2.24, 2.45) is 0 Å². The molecule has 2 amide bonds. The van der Waals surface area contributed by atoms with Crippen LogP contribution in [0.25, 0.3) is 0 Å². The van der Waals surface area contributed by atoms with Crippen molar-refractivity contribution < 1.29 is 9.59 Å². The van der Waals surface area contributed by atoms with Gasteiger partial charge in [-0.05, 0) is 6.42 Å². The van der Waals surface area contributed by atoms with Crippen molar-refractivity contribution in [3.05, 3.63) is 12.2 Å². The van der Waals surface area contributed by atoms with Crippen molar-refractivity contribution in [2.75, 3.05) is 6.54 Å². The van der Waals surface area contributed by atoms with Gasteiger partial charge in [0, 0.05) is 19.0 Å². The van der Waals surface area contributed by atoms with E-state index in [1.807, 2.05) is 0 Å². The molecule has 1 aromatic rings. The summed E-state index contributed by atoms with van der Waals surface area (Å²) in [7, 11) is 0. The maximum atomic E-state index is 11.4. The molecule has 1 unspecified atom stereocenters. The summed E-state index contributed by atoms with van der Waals surface area (Å²) in [5, 5.41) is 11.4. The van der Waals surface area contributed by atoms with E-state index in [2.05, 4.69) is 25.8 Å². The minimum atomic E-state index is -0.311. The van der Waals surface area contributed by atoms with Crippen molar-refractivity contribution in [2.45, 2.75) is 18.9 Å². The monoisotopic (exact) mass is 209 g/mol. The smallest absolute Gasteiger partial charge is 0.288 e. The summed E-state index contributed by atoms with van der Waals surface area (Å²) < 4.78 is 0. The van der Waals surface area contributed by atoms with Crippen LogP contribution in [0, 0.1) is 0 Å². The Morgan fingerprint density at radius 3 is 3.13 bits per heavy atom. The lowest BCUT2D eigenvalue weighted by Gasteiger charge is -2.09. The van der Waals surface area contributed by atoms with Gasteiger partial charge in [-0.2, -0.15) is 5.10 Å². The lowest BCUT2D eigenvalue weighted by Crippen LogP contribution is -2.38. The summed E-state index contributed by atoms with van der Waals surface area (Å²) in [6, 6.07) is 0.0318. The Hall–Kier alpha value is -1.92. The van der Waals surface area contributed by atoms with Crippen molar-refractivity contribution in [3.63, 3.8) is 0 Å². The second kappa shape index (κ2) is 4.07. The molecule has 1 atom stereocenters. The molecule has 0 spiro atoms. The van der Waals surface area contributed by atoms with E-state index in [9.17, 15) is 9.59 Å². The summed E-state index contributed by atoms with van der Waals surface area (Å²) in [6.07, 6.45) is 2.56. The highest BCUT2D eigenvalue weighted by Crippen LogP contribution is 2.04. The van der Waals surface area contributed by atoms with Gasteiger partial charge in [0.2, 0.25) is 11.7 Å². The lowest BCUT2D eigenvalue weighted by atomic mass is 10.2. The average molecular weight is 209 g/mol. The number of amides is 2. The molecule has 1 saturated heterocycles. The number of hydrogen-bond acceptors (Lipinski definition) is 4. The van der Waals surface area contributed by atoms with Crippen molar-refractivity contribution in [1.29, 1.82) is 0 Å². The third-order valence-corrected chi connectivity index (χ3v) is 2.22.